The number of ether oxygens (including phenoxy) is 1. The van der Waals surface area contributed by atoms with E-state index in [4.69, 9.17) is 16.2 Å². The number of carbonyl (C=O) groups excluding carboxylic acids is 5. The van der Waals surface area contributed by atoms with Crippen molar-refractivity contribution in [3.63, 3.8) is 0 Å². The van der Waals surface area contributed by atoms with Gasteiger partial charge in [0.15, 0.2) is 5.96 Å². The van der Waals surface area contributed by atoms with Gasteiger partial charge in [-0.3, -0.25) is 29.0 Å². The van der Waals surface area contributed by atoms with Gasteiger partial charge in [0.1, 0.15) is 12.5 Å². The van der Waals surface area contributed by atoms with E-state index < -0.39 is 69.7 Å². The van der Waals surface area contributed by atoms with Gasteiger partial charge in [-0.05, 0) is 49.6 Å². The summed E-state index contributed by atoms with van der Waals surface area (Å²) in [6.45, 7) is 2.16. The Bertz CT molecular complexity index is 1920. The number of hydrogen-bond acceptors (Lipinski definition) is 9. The molecule has 1 unspecified atom stereocenters. The third-order valence-corrected chi connectivity index (χ3v) is 11.4. The fraction of sp³-hybridized carbons (Fsp3) is 0.351. The molecule has 5 N–H and O–H groups in total. The van der Waals surface area contributed by atoms with Gasteiger partial charge in [-0.15, -0.1) is 0 Å². The zero-order valence-corrected chi connectivity index (χ0v) is 30.8. The minimum atomic E-state index is -4.65. The first kappa shape index (κ1) is 40.0. The predicted octanol–water partition coefficient (Wildman–Crippen LogP) is 1.70. The van der Waals surface area contributed by atoms with Crippen molar-refractivity contribution in [3.05, 3.63) is 96.1 Å². The van der Waals surface area contributed by atoms with Crippen LogP contribution in [-0.2, 0) is 45.2 Å². The molecular weight excluding hydrogens is 703 g/mol. The highest BCUT2D eigenvalue weighted by molar-refractivity contribution is 7.93. The number of nitrogens with one attached hydrogen (secondary N) is 1. The number of esters is 1. The van der Waals surface area contributed by atoms with E-state index in [1.807, 2.05) is 6.07 Å². The van der Waals surface area contributed by atoms with Gasteiger partial charge < -0.3 is 36.2 Å². The van der Waals surface area contributed by atoms with Crippen LogP contribution in [0, 0.1) is 12.8 Å². The maximum Gasteiger partial charge on any atom is 0.307 e. The zero-order chi connectivity index (χ0) is 38.8. The normalized spacial score (nSPS) is 15.9. The van der Waals surface area contributed by atoms with Gasteiger partial charge in [-0.2, -0.15) is 0 Å². The lowest BCUT2D eigenvalue weighted by Gasteiger charge is -2.39. The molecule has 0 radical (unpaired) electrons. The summed E-state index contributed by atoms with van der Waals surface area (Å²) in [6.07, 6.45) is -1.02. The molecule has 1 heterocycles. The Labute approximate surface area is 308 Å². The first-order valence-electron chi connectivity index (χ1n) is 16.9. The van der Waals surface area contributed by atoms with Crippen LogP contribution in [0.5, 0.6) is 0 Å². The molecule has 15 nitrogen and oxygen atoms in total. The Hall–Kier alpha value is -5.77. The molecule has 0 spiro atoms. The molecule has 4 rings (SSSR count). The average molecular weight is 748 g/mol. The highest BCUT2D eigenvalue weighted by Gasteiger charge is 2.55. The second-order valence-corrected chi connectivity index (χ2v) is 14.7. The number of guanidine groups is 1. The highest BCUT2D eigenvalue weighted by Crippen LogP contribution is 2.34. The topological polar surface area (TPSA) is 215 Å². The quantitative estimate of drug-likeness (QED) is 0.0673. The number of aliphatic imine (C=N–C) groups is 1. The van der Waals surface area contributed by atoms with E-state index in [-0.39, 0.29) is 43.5 Å². The van der Waals surface area contributed by atoms with Crippen molar-refractivity contribution < 1.29 is 37.1 Å². The first-order valence-corrected chi connectivity index (χ1v) is 18.4. The Kier molecular flexibility index (Phi) is 13.3. The first-order chi connectivity index (χ1) is 25.2. The molecular formula is C37H45N7O8S. The van der Waals surface area contributed by atoms with E-state index in [0.717, 1.165) is 17.4 Å². The lowest BCUT2D eigenvalue weighted by molar-refractivity contribution is -0.152. The van der Waals surface area contributed by atoms with E-state index in [1.54, 1.807) is 73.7 Å². The van der Waals surface area contributed by atoms with E-state index in [1.165, 1.54) is 29.0 Å². The molecule has 3 aromatic carbocycles. The Morgan fingerprint density at radius 1 is 0.943 bits per heavy atom. The summed E-state index contributed by atoms with van der Waals surface area (Å²) < 4.78 is 34.4. The summed E-state index contributed by atoms with van der Waals surface area (Å²) in [7, 11) is -3.44. The molecule has 282 valence electrons. The van der Waals surface area contributed by atoms with Crippen LogP contribution < -0.4 is 21.7 Å². The minimum Gasteiger partial charge on any atom is -0.461 e. The maximum absolute atomic E-state index is 14.5. The number of nitrogens with zero attached hydrogens (tertiary/aromatic N) is 4. The van der Waals surface area contributed by atoms with Crippen molar-refractivity contribution in [2.75, 3.05) is 38.3 Å². The highest BCUT2D eigenvalue weighted by atomic mass is 32.2. The molecule has 53 heavy (non-hydrogen) atoms. The number of sulfone groups is 1. The van der Waals surface area contributed by atoms with Crippen LogP contribution in [0.1, 0.15) is 37.3 Å². The van der Waals surface area contributed by atoms with Gasteiger partial charge >= 0.3 is 5.97 Å². The van der Waals surface area contributed by atoms with Crippen molar-refractivity contribution in [3.8, 4) is 0 Å². The van der Waals surface area contributed by atoms with Crippen LogP contribution in [0.3, 0.4) is 0 Å². The van der Waals surface area contributed by atoms with Gasteiger partial charge in [0.05, 0.1) is 18.0 Å². The third-order valence-electron chi connectivity index (χ3n) is 8.99. The Balaban J connectivity index is 1.67. The number of carbonyl (C=O) groups is 5. The van der Waals surface area contributed by atoms with E-state index in [9.17, 15) is 32.4 Å². The molecule has 1 aliphatic rings. The largest absolute Gasteiger partial charge is 0.461 e. The van der Waals surface area contributed by atoms with Crippen LogP contribution in [-0.4, -0.2) is 92.0 Å². The van der Waals surface area contributed by atoms with Gasteiger partial charge in [-0.1, -0.05) is 66.2 Å². The summed E-state index contributed by atoms with van der Waals surface area (Å²) in [6, 6.07) is 23.3. The van der Waals surface area contributed by atoms with Crippen molar-refractivity contribution in [2.24, 2.45) is 22.4 Å². The molecule has 1 aliphatic heterocycles. The van der Waals surface area contributed by atoms with Gasteiger partial charge in [0, 0.05) is 39.3 Å². The van der Waals surface area contributed by atoms with Crippen LogP contribution in [0.15, 0.2) is 94.8 Å². The predicted molar refractivity (Wildman–Crippen MR) is 197 cm³/mol. The van der Waals surface area contributed by atoms with Crippen LogP contribution in [0.25, 0.3) is 0 Å². The van der Waals surface area contributed by atoms with E-state index in [2.05, 4.69) is 10.3 Å². The number of likely N-dealkylation sites (N-methyl/N-ethyl adjacent to an activating group) is 1. The van der Waals surface area contributed by atoms with Crippen LogP contribution in [0.4, 0.5) is 5.69 Å². The molecule has 0 aliphatic carbocycles. The number of benzene rings is 3. The molecule has 1 fully saturated rings. The number of rotatable bonds is 15. The molecule has 1 saturated heterocycles. The molecule has 0 aromatic heterocycles. The van der Waals surface area contributed by atoms with Crippen LogP contribution in [0.2, 0.25) is 0 Å². The Morgan fingerprint density at radius 2 is 1.57 bits per heavy atom. The lowest BCUT2D eigenvalue weighted by atomic mass is 10.0. The number of para-hydroxylation sites is 1. The molecule has 0 saturated carbocycles. The molecule has 2 atom stereocenters. The average Bonchev–Trinajstić information content (AvgIpc) is 3.25. The number of anilines is 1. The van der Waals surface area contributed by atoms with Crippen molar-refractivity contribution in [1.29, 1.82) is 0 Å². The lowest BCUT2D eigenvalue weighted by Crippen LogP contribution is -2.64. The molecule has 0 bridgehead atoms. The van der Waals surface area contributed by atoms with Gasteiger partial charge in [-0.25, -0.2) is 8.42 Å². The van der Waals surface area contributed by atoms with Crippen molar-refractivity contribution >= 4 is 51.1 Å². The van der Waals surface area contributed by atoms with Gasteiger partial charge in [0.25, 0.3) is 5.91 Å². The monoisotopic (exact) mass is 747 g/mol. The number of aryl methyl sites for hydroxylation is 1. The van der Waals surface area contributed by atoms with E-state index >= 15 is 0 Å². The van der Waals surface area contributed by atoms with Crippen molar-refractivity contribution in [1.82, 2.24) is 15.1 Å². The zero-order valence-electron chi connectivity index (χ0n) is 29.9. The number of nitrogens with two attached hydrogens (primary N) is 2. The summed E-state index contributed by atoms with van der Waals surface area (Å²) >= 11 is 0. The smallest absolute Gasteiger partial charge is 0.307 e. The third kappa shape index (κ3) is 9.37. The SMILES string of the molecule is CC(=O)N(C)[C@@](CCCN=C(N)N)(C(=O)NCN1CCN(c2ccccc2)C(=O)C(CC(=O)OCc2ccccc2)C1=O)S(=O)(=O)c1ccc(C)cc1. The summed E-state index contributed by atoms with van der Waals surface area (Å²) in [4.78, 5) is 73.0. The van der Waals surface area contributed by atoms with E-state index in [0.29, 0.717) is 11.3 Å². The second kappa shape index (κ2) is 17.6. The summed E-state index contributed by atoms with van der Waals surface area (Å²) in [5.74, 6) is -5.77. The van der Waals surface area contributed by atoms with Gasteiger partial charge in [0.2, 0.25) is 32.4 Å². The number of amides is 4. The number of hydrogen-bond donors (Lipinski definition) is 3. The minimum absolute atomic E-state index is 0.00130. The summed E-state index contributed by atoms with van der Waals surface area (Å²) in [5.41, 5.74) is 12.9. The Morgan fingerprint density at radius 3 is 2.17 bits per heavy atom. The molecule has 4 amide bonds. The molecule has 3 aromatic rings. The molecule has 16 heteroatoms. The fourth-order valence-corrected chi connectivity index (χ4v) is 8.09. The fourth-order valence-electron chi connectivity index (χ4n) is 5.98. The van der Waals surface area contributed by atoms with Crippen molar-refractivity contribution in [2.45, 2.75) is 49.5 Å². The standard InChI is InChI=1S/C37H45N7O8S/c1-26-15-17-30(18-16-26)53(50,51)37(42(3)27(2)45,19-10-20-40-36(38)39)35(49)41-25-43-21-22-44(29-13-8-5-9-14-29)34(48)31(33(43)47)23-32(46)52-24-28-11-6-4-7-12-28/h4-9,11-18,31H,10,19-25H2,1-3H3,(H,41,49)(H4,38,39,40)/t31?,37-/m1/s1. The second-order valence-electron chi connectivity index (χ2n) is 12.6. The van der Waals surface area contributed by atoms with Crippen LogP contribution >= 0.6 is 0 Å². The summed E-state index contributed by atoms with van der Waals surface area (Å²) in [5, 5.41) is 2.58. The maximum atomic E-state index is 14.5.